The Kier molecular flexibility index (Phi) is 18.9. The van der Waals surface area contributed by atoms with Crippen LogP contribution in [0.4, 0.5) is 0 Å². The summed E-state index contributed by atoms with van der Waals surface area (Å²) in [6.45, 7) is 12.2. The number of carboxylic acids is 4. The number of allylic oxidation sites excluding steroid dienone is 1. The largest absolute Gasteiger partial charge is 0.486 e. The Hall–Kier alpha value is -4.32. The minimum atomic E-state index is -1.31. The Labute approximate surface area is 468 Å². The van der Waals surface area contributed by atoms with Gasteiger partial charge in [0.25, 0.3) is 0 Å². The number of carbonyl (C=O) groups is 4. The van der Waals surface area contributed by atoms with Crippen LogP contribution in [-0.4, -0.2) is 73.9 Å². The van der Waals surface area contributed by atoms with Gasteiger partial charge in [0.2, 0.25) is 0 Å². The van der Waals surface area contributed by atoms with E-state index in [1.54, 1.807) is 36.4 Å². The summed E-state index contributed by atoms with van der Waals surface area (Å²) in [6.07, 6.45) is 19.2. The van der Waals surface area contributed by atoms with Crippen molar-refractivity contribution in [1.82, 2.24) is 0 Å². The van der Waals surface area contributed by atoms with Crippen molar-refractivity contribution in [3.05, 3.63) is 133 Å². The number of hydrogen-bond donors (Lipinski definition) is 4. The second kappa shape index (κ2) is 24.3. The molecule has 74 heavy (non-hydrogen) atoms. The molecule has 8 rings (SSSR count). The number of ether oxygens (including phenoxy) is 2. The van der Waals surface area contributed by atoms with Gasteiger partial charge in [-0.2, -0.15) is 0 Å². The summed E-state index contributed by atoms with van der Waals surface area (Å²) in [5.41, 5.74) is 2.80. The second-order valence-corrected chi connectivity index (χ2v) is 23.7. The van der Waals surface area contributed by atoms with E-state index in [1.165, 1.54) is 107 Å². The summed E-state index contributed by atoms with van der Waals surface area (Å²) in [5.74, 6) is 0.960. The Morgan fingerprint density at radius 3 is 1.72 bits per heavy atom. The van der Waals surface area contributed by atoms with Gasteiger partial charge in [-0.3, -0.25) is 0 Å². The average molecular weight is 1060 g/mol. The molecule has 4 aliphatic rings. The van der Waals surface area contributed by atoms with Crippen molar-refractivity contribution in [2.75, 3.05) is 0 Å². The molecule has 4 aromatic carbocycles. The molecule has 4 fully saturated rings. The van der Waals surface area contributed by atoms with Crippen molar-refractivity contribution in [1.29, 1.82) is 0 Å². The molecule has 0 aliphatic heterocycles. The van der Waals surface area contributed by atoms with Crippen molar-refractivity contribution < 1.29 is 49.1 Å². The maximum Gasteiger partial charge on any atom is 0.339 e. The first-order chi connectivity index (χ1) is 34.8. The molecule has 0 amide bonds. The fraction of sp³-hybridized carbons (Fsp3) is 0.508. The van der Waals surface area contributed by atoms with Crippen molar-refractivity contribution in [2.45, 2.75) is 138 Å². The molecule has 13 heteroatoms. The van der Waals surface area contributed by atoms with Crippen LogP contribution in [0.25, 0.3) is 5.57 Å². The quantitative estimate of drug-likeness (QED) is 0.0626. The normalized spacial score (nSPS) is 25.4. The van der Waals surface area contributed by atoms with Crippen LogP contribution in [0.5, 0.6) is 11.5 Å². The van der Waals surface area contributed by atoms with Crippen LogP contribution >= 0.6 is 23.2 Å². The monoisotopic (exact) mass is 1060 g/mol. The predicted octanol–water partition coefficient (Wildman–Crippen LogP) is 15.5. The van der Waals surface area contributed by atoms with Crippen LogP contribution in [0.2, 0.25) is 10.0 Å². The van der Waals surface area contributed by atoms with E-state index in [4.69, 9.17) is 32.7 Å². The first-order valence-electron chi connectivity index (χ1n) is 26.5. The zero-order chi connectivity index (χ0) is 52.4. The molecule has 0 spiro atoms. The minimum absolute atomic E-state index is 0. The van der Waals surface area contributed by atoms with Gasteiger partial charge < -0.3 is 29.9 Å². The third kappa shape index (κ3) is 12.4. The molecule has 0 bridgehead atoms. The van der Waals surface area contributed by atoms with Gasteiger partial charge in [0, 0.05) is 29.6 Å². The van der Waals surface area contributed by atoms with E-state index in [1.807, 2.05) is 6.08 Å². The molecule has 0 saturated heterocycles. The standard InChI is InChI=1S/C61H72Cl2O10.Na/c1-35(2)10-6-11-36(3)49-20-21-50-46-19-18-44-28-37(22-24-60(44,4)51(46)23-25-61(49,50)5)12-9-17-45(42-29-47(58(68)69)54(52(62)31-42)72-33-38-13-7-15-40(26-38)56(64)65)43-30-48(59(70)71)55(53(63)32-43)73-34-39-14-8-16-41(27-39)57(66)67;/h7-8,13-17,26-27,29-32,35-37,44,46,49-51H,6,9-12,18-25,28,33-34H2,1-5H3,(H,64,65)(H,66,67)(H,68,69)(H,70,71);/t36?,37-,44-,46-,49+,50-,51-,60-,61+;/m0./s1. The van der Waals surface area contributed by atoms with Crippen molar-refractivity contribution in [2.24, 2.45) is 58.2 Å². The number of aromatic carboxylic acids is 4. The Balaban J connectivity index is 0.00000800. The van der Waals surface area contributed by atoms with Crippen LogP contribution < -0.4 is 9.47 Å². The zero-order valence-electron chi connectivity index (χ0n) is 43.9. The van der Waals surface area contributed by atoms with Gasteiger partial charge in [0.1, 0.15) is 24.3 Å². The number of rotatable bonds is 20. The molecule has 4 aromatic rings. The van der Waals surface area contributed by atoms with Gasteiger partial charge in [-0.1, -0.05) is 107 Å². The molecule has 1 radical (unpaired) electrons. The van der Waals surface area contributed by atoms with Crippen molar-refractivity contribution >= 4 is 82.2 Å². The molecule has 4 saturated carbocycles. The number of hydrogen-bond acceptors (Lipinski definition) is 6. The van der Waals surface area contributed by atoms with E-state index in [2.05, 4.69) is 34.6 Å². The molecule has 0 heterocycles. The summed E-state index contributed by atoms with van der Waals surface area (Å²) in [5, 5.41) is 40.1. The van der Waals surface area contributed by atoms with Gasteiger partial charge >= 0.3 is 23.9 Å². The molecular formula is C61H72Cl2NaO10. The molecular weight excluding hydrogens is 987 g/mol. The Bertz CT molecular complexity index is 2620. The topological polar surface area (TPSA) is 168 Å². The minimum Gasteiger partial charge on any atom is -0.486 e. The van der Waals surface area contributed by atoms with E-state index in [-0.39, 0.29) is 86.6 Å². The SMILES string of the molecule is CC(C)CCCC(C)[C@H]1CC[C@H]2[C@@H]3CC[C@H]4C[C@@H](CCC=C(c5cc(Cl)c(OCc6cccc(C(=O)O)c6)c(C(=O)O)c5)c5cc(Cl)c(OCc6cccc(C(=O)O)c6)c(C(=O)O)c5)CC[C@]4(C)[C@H]3CC[C@]12C.[Na]. The van der Waals surface area contributed by atoms with E-state index >= 15 is 0 Å². The van der Waals surface area contributed by atoms with Gasteiger partial charge in [0.15, 0.2) is 11.5 Å². The number of carboxylic acid groups (broad SMARTS) is 4. The second-order valence-electron chi connectivity index (χ2n) is 22.9. The average Bonchev–Trinajstić information content (AvgIpc) is 3.71. The van der Waals surface area contributed by atoms with Crippen LogP contribution in [-0.2, 0) is 13.2 Å². The Morgan fingerprint density at radius 1 is 0.649 bits per heavy atom. The maximum atomic E-state index is 13.0. The van der Waals surface area contributed by atoms with Crippen LogP contribution in [0.1, 0.15) is 188 Å². The smallest absolute Gasteiger partial charge is 0.339 e. The third-order valence-corrected chi connectivity index (χ3v) is 18.7. The number of halogens is 2. The maximum absolute atomic E-state index is 13.0. The first kappa shape index (κ1) is 57.4. The molecule has 9 atom stereocenters. The van der Waals surface area contributed by atoms with Gasteiger partial charge in [-0.25, -0.2) is 19.2 Å². The van der Waals surface area contributed by atoms with Crippen LogP contribution in [0.3, 0.4) is 0 Å². The summed E-state index contributed by atoms with van der Waals surface area (Å²) in [6, 6.07) is 18.4. The fourth-order valence-corrected chi connectivity index (χ4v) is 15.1. The molecule has 4 aliphatic carbocycles. The Morgan fingerprint density at radius 2 is 1.19 bits per heavy atom. The number of benzene rings is 4. The summed E-state index contributed by atoms with van der Waals surface area (Å²) < 4.78 is 12.0. The summed E-state index contributed by atoms with van der Waals surface area (Å²) in [7, 11) is 0. The molecule has 4 N–H and O–H groups in total. The predicted molar refractivity (Wildman–Crippen MR) is 291 cm³/mol. The molecule has 10 nitrogen and oxygen atoms in total. The molecule has 391 valence electrons. The van der Waals surface area contributed by atoms with Crippen LogP contribution in [0, 0.1) is 58.2 Å². The molecule has 1 unspecified atom stereocenters. The van der Waals surface area contributed by atoms with E-state index in [9.17, 15) is 39.6 Å². The van der Waals surface area contributed by atoms with Crippen molar-refractivity contribution in [3.63, 3.8) is 0 Å². The van der Waals surface area contributed by atoms with Gasteiger partial charge in [-0.05, 0) is 205 Å². The van der Waals surface area contributed by atoms with Crippen LogP contribution in [0.15, 0.2) is 78.9 Å². The fourth-order valence-electron chi connectivity index (χ4n) is 14.5. The van der Waals surface area contributed by atoms with Gasteiger partial charge in [0.05, 0.1) is 21.2 Å². The summed E-state index contributed by atoms with van der Waals surface area (Å²) >= 11 is 13.8. The van der Waals surface area contributed by atoms with Gasteiger partial charge in [-0.15, -0.1) is 0 Å². The molecule has 0 aromatic heterocycles. The third-order valence-electron chi connectivity index (χ3n) is 18.2. The first-order valence-corrected chi connectivity index (χ1v) is 27.3. The van der Waals surface area contributed by atoms with E-state index < -0.39 is 23.9 Å². The van der Waals surface area contributed by atoms with E-state index in [0.29, 0.717) is 56.9 Å². The van der Waals surface area contributed by atoms with E-state index in [0.717, 1.165) is 48.3 Å². The van der Waals surface area contributed by atoms with Crippen molar-refractivity contribution in [3.8, 4) is 11.5 Å². The summed E-state index contributed by atoms with van der Waals surface area (Å²) in [4.78, 5) is 49.2. The zero-order valence-corrected chi connectivity index (χ0v) is 47.4. The number of fused-ring (bicyclic) bond motifs is 5.